The summed E-state index contributed by atoms with van der Waals surface area (Å²) in [6.45, 7) is 4.68. The molecule has 3 heteroatoms. The summed E-state index contributed by atoms with van der Waals surface area (Å²) in [6.07, 6.45) is 12.6. The van der Waals surface area contributed by atoms with Gasteiger partial charge in [-0.1, -0.05) is 19.8 Å². The molecule has 1 aromatic rings. The number of hydrogen-bond donors (Lipinski definition) is 0. The molecule has 0 unspecified atom stereocenters. The lowest BCUT2D eigenvalue weighted by Gasteiger charge is -2.18. The number of rotatable bonds is 6. The molecule has 0 spiro atoms. The van der Waals surface area contributed by atoms with Crippen LogP contribution in [-0.2, 0) is 6.54 Å². The molecular formula is C16H27BrN2. The van der Waals surface area contributed by atoms with Crippen LogP contribution in [0, 0.1) is 0 Å². The number of aryl methyl sites for hydroxylation is 1. The third kappa shape index (κ3) is 4.88. The maximum absolute atomic E-state index is 2.48. The zero-order valence-corrected chi connectivity index (χ0v) is 13.9. The first kappa shape index (κ1) is 16.6. The number of unbranched alkanes of at least 4 members (excludes halogenated alkanes) is 3. The van der Waals surface area contributed by atoms with E-state index >= 15 is 0 Å². The van der Waals surface area contributed by atoms with Crippen LogP contribution in [-0.4, -0.2) is 18.5 Å². The topological polar surface area (TPSA) is 7.12 Å². The van der Waals surface area contributed by atoms with Gasteiger partial charge in [0.15, 0.2) is 12.4 Å². The van der Waals surface area contributed by atoms with Crippen LogP contribution in [0.2, 0.25) is 0 Å². The Morgan fingerprint density at radius 3 is 2.84 bits per heavy atom. The molecule has 2 nitrogen and oxygen atoms in total. The SMILES string of the molecule is CCCCCC[n+]1cccc([C@@H]2CCCN2C)c1.[Br-]. The fraction of sp³-hybridized carbons (Fsp3) is 0.688. The second kappa shape index (κ2) is 8.70. The lowest BCUT2D eigenvalue weighted by Crippen LogP contribution is -3.00. The van der Waals surface area contributed by atoms with Gasteiger partial charge in [-0.05, 0) is 38.9 Å². The minimum atomic E-state index is 0. The smallest absolute Gasteiger partial charge is 0.173 e. The second-order valence-corrected chi connectivity index (χ2v) is 5.57. The second-order valence-electron chi connectivity index (χ2n) is 5.57. The normalized spacial score (nSPS) is 19.4. The van der Waals surface area contributed by atoms with Crippen LogP contribution in [0.15, 0.2) is 24.5 Å². The first-order valence-electron chi connectivity index (χ1n) is 7.50. The molecule has 0 N–H and O–H groups in total. The van der Waals surface area contributed by atoms with Crippen molar-refractivity contribution in [2.24, 2.45) is 0 Å². The summed E-state index contributed by atoms with van der Waals surface area (Å²) in [5.41, 5.74) is 1.49. The van der Waals surface area contributed by atoms with Gasteiger partial charge in [0.25, 0.3) is 0 Å². The van der Waals surface area contributed by atoms with Gasteiger partial charge in [0.2, 0.25) is 0 Å². The van der Waals surface area contributed by atoms with Crippen LogP contribution < -0.4 is 21.5 Å². The molecule has 2 rings (SSSR count). The minimum Gasteiger partial charge on any atom is -1.00 e. The number of halogens is 1. The van der Waals surface area contributed by atoms with Gasteiger partial charge in [0, 0.05) is 24.1 Å². The number of nitrogens with zero attached hydrogens (tertiary/aromatic N) is 2. The quantitative estimate of drug-likeness (QED) is 0.539. The molecule has 0 radical (unpaired) electrons. The molecule has 0 aliphatic carbocycles. The molecule has 19 heavy (non-hydrogen) atoms. The molecule has 0 bridgehead atoms. The molecule has 1 fully saturated rings. The minimum absolute atomic E-state index is 0. The van der Waals surface area contributed by atoms with E-state index in [1.165, 1.54) is 57.2 Å². The third-order valence-corrected chi connectivity index (χ3v) is 4.06. The van der Waals surface area contributed by atoms with Crippen molar-refractivity contribution in [3.63, 3.8) is 0 Å². The highest BCUT2D eigenvalue weighted by Gasteiger charge is 2.24. The fourth-order valence-corrected chi connectivity index (χ4v) is 2.93. The third-order valence-electron chi connectivity index (χ3n) is 4.06. The highest BCUT2D eigenvalue weighted by Crippen LogP contribution is 2.29. The average Bonchev–Trinajstić information content (AvgIpc) is 2.81. The van der Waals surface area contributed by atoms with Crippen molar-refractivity contribution < 1.29 is 21.5 Å². The van der Waals surface area contributed by atoms with Gasteiger partial charge in [-0.15, -0.1) is 0 Å². The van der Waals surface area contributed by atoms with E-state index in [1.807, 2.05) is 0 Å². The molecule has 1 aliphatic rings. The van der Waals surface area contributed by atoms with Gasteiger partial charge in [0.1, 0.15) is 6.54 Å². The predicted molar refractivity (Wildman–Crippen MR) is 75.4 cm³/mol. The molecule has 1 aromatic heterocycles. The Bertz CT molecular complexity index is 368. The Balaban J connectivity index is 0.00000180. The summed E-state index contributed by atoms with van der Waals surface area (Å²) in [5, 5.41) is 0. The first-order valence-corrected chi connectivity index (χ1v) is 7.50. The molecule has 0 amide bonds. The molecule has 1 atom stereocenters. The number of likely N-dealkylation sites (tertiary alicyclic amines) is 1. The molecular weight excluding hydrogens is 300 g/mol. The lowest BCUT2D eigenvalue weighted by atomic mass is 10.1. The van der Waals surface area contributed by atoms with Crippen molar-refractivity contribution in [3.05, 3.63) is 30.1 Å². The van der Waals surface area contributed by atoms with E-state index in [4.69, 9.17) is 0 Å². The maximum Gasteiger partial charge on any atom is 0.173 e. The molecule has 1 aliphatic heterocycles. The van der Waals surface area contributed by atoms with Crippen molar-refractivity contribution in [1.82, 2.24) is 4.90 Å². The zero-order valence-electron chi connectivity index (χ0n) is 12.3. The fourth-order valence-electron chi connectivity index (χ4n) is 2.93. The van der Waals surface area contributed by atoms with Crippen molar-refractivity contribution in [1.29, 1.82) is 0 Å². The summed E-state index contributed by atoms with van der Waals surface area (Å²) < 4.78 is 2.37. The maximum atomic E-state index is 2.48. The zero-order chi connectivity index (χ0) is 12.8. The van der Waals surface area contributed by atoms with Crippen LogP contribution in [0.1, 0.15) is 57.1 Å². The van der Waals surface area contributed by atoms with Crippen molar-refractivity contribution in [2.75, 3.05) is 13.6 Å². The molecule has 2 heterocycles. The summed E-state index contributed by atoms with van der Waals surface area (Å²) in [6, 6.07) is 5.14. The Morgan fingerprint density at radius 1 is 1.32 bits per heavy atom. The van der Waals surface area contributed by atoms with E-state index < -0.39 is 0 Å². The van der Waals surface area contributed by atoms with E-state index in [2.05, 4.69) is 48.0 Å². The van der Waals surface area contributed by atoms with Gasteiger partial charge in [-0.25, -0.2) is 4.57 Å². The first-order chi connectivity index (χ1) is 8.81. The Hall–Kier alpha value is -0.410. The Labute approximate surface area is 128 Å². The molecule has 0 saturated carbocycles. The van der Waals surface area contributed by atoms with Gasteiger partial charge in [0.05, 0.1) is 0 Å². The van der Waals surface area contributed by atoms with E-state index in [1.54, 1.807) is 0 Å². The van der Waals surface area contributed by atoms with Gasteiger partial charge in [-0.3, -0.25) is 4.90 Å². The molecule has 0 aromatic carbocycles. The summed E-state index contributed by atoms with van der Waals surface area (Å²) >= 11 is 0. The van der Waals surface area contributed by atoms with E-state index in [9.17, 15) is 0 Å². The van der Waals surface area contributed by atoms with Crippen LogP contribution in [0.3, 0.4) is 0 Å². The van der Waals surface area contributed by atoms with Gasteiger partial charge >= 0.3 is 0 Å². The van der Waals surface area contributed by atoms with Crippen LogP contribution >= 0.6 is 0 Å². The largest absolute Gasteiger partial charge is 1.00 e. The van der Waals surface area contributed by atoms with Crippen LogP contribution in [0.4, 0.5) is 0 Å². The summed E-state index contributed by atoms with van der Waals surface area (Å²) in [7, 11) is 2.25. The van der Waals surface area contributed by atoms with Crippen molar-refractivity contribution >= 4 is 0 Å². The van der Waals surface area contributed by atoms with E-state index in [0.717, 1.165) is 0 Å². The highest BCUT2D eigenvalue weighted by atomic mass is 79.9. The van der Waals surface area contributed by atoms with Gasteiger partial charge in [-0.2, -0.15) is 0 Å². The van der Waals surface area contributed by atoms with E-state index in [-0.39, 0.29) is 17.0 Å². The average molecular weight is 327 g/mol. The number of hydrogen-bond acceptors (Lipinski definition) is 1. The standard InChI is InChI=1S/C16H27N2.BrH/c1-3-4-5-6-12-18-13-7-9-15(14-18)16-10-8-11-17(16)2;/h7,9,13-14,16H,3-6,8,10-12H2,1-2H3;1H/q+1;/p-1/t16-;/m0./s1. The highest BCUT2D eigenvalue weighted by molar-refractivity contribution is 5.12. The number of aromatic nitrogens is 1. The molecule has 1 saturated heterocycles. The molecule has 108 valence electrons. The van der Waals surface area contributed by atoms with Crippen LogP contribution in [0.25, 0.3) is 0 Å². The lowest BCUT2D eigenvalue weighted by molar-refractivity contribution is -0.697. The van der Waals surface area contributed by atoms with Gasteiger partial charge < -0.3 is 17.0 Å². The van der Waals surface area contributed by atoms with Crippen LogP contribution in [0.5, 0.6) is 0 Å². The predicted octanol–water partition coefficient (Wildman–Crippen LogP) is 0.325. The monoisotopic (exact) mass is 326 g/mol. The Morgan fingerprint density at radius 2 is 2.16 bits per heavy atom. The summed E-state index contributed by atoms with van der Waals surface area (Å²) in [4.78, 5) is 2.48. The van der Waals surface area contributed by atoms with E-state index in [0.29, 0.717) is 6.04 Å². The summed E-state index contributed by atoms with van der Waals surface area (Å²) in [5.74, 6) is 0. The number of pyridine rings is 1. The van der Waals surface area contributed by atoms with Crippen molar-refractivity contribution in [3.8, 4) is 0 Å². The Kier molecular flexibility index (Phi) is 7.62. The van der Waals surface area contributed by atoms with Crippen molar-refractivity contribution in [2.45, 2.75) is 58.0 Å².